The fourth-order valence-corrected chi connectivity index (χ4v) is 3.81. The van der Waals surface area contributed by atoms with Crippen molar-refractivity contribution in [3.63, 3.8) is 0 Å². The number of nitrogens with zero attached hydrogens (tertiary/aromatic N) is 1. The zero-order valence-electron chi connectivity index (χ0n) is 15.4. The Hall–Kier alpha value is -2.02. The second-order valence-corrected chi connectivity index (χ2v) is 7.05. The zero-order chi connectivity index (χ0) is 17.1. The van der Waals surface area contributed by atoms with Gasteiger partial charge in [0.1, 0.15) is 0 Å². The average molecular weight is 319 g/mol. The van der Waals surface area contributed by atoms with E-state index in [4.69, 9.17) is 0 Å². The summed E-state index contributed by atoms with van der Waals surface area (Å²) in [5.74, 6) is 0. The molecule has 0 unspecified atom stereocenters. The van der Waals surface area contributed by atoms with Crippen LogP contribution in [0.5, 0.6) is 0 Å². The summed E-state index contributed by atoms with van der Waals surface area (Å²) in [6.07, 6.45) is 4.62. The van der Waals surface area contributed by atoms with Gasteiger partial charge in [0, 0.05) is 24.4 Å². The first kappa shape index (κ1) is 16.8. The van der Waals surface area contributed by atoms with Crippen molar-refractivity contribution in [2.24, 2.45) is 0 Å². The molecule has 0 atom stereocenters. The van der Waals surface area contributed by atoms with Crippen molar-refractivity contribution in [3.8, 4) is 0 Å². The third-order valence-corrected chi connectivity index (χ3v) is 5.30. The van der Waals surface area contributed by atoms with Gasteiger partial charge in [-0.05, 0) is 68.7 Å². The zero-order valence-corrected chi connectivity index (χ0v) is 15.4. The van der Waals surface area contributed by atoms with Gasteiger partial charge in [0.15, 0.2) is 0 Å². The summed E-state index contributed by atoms with van der Waals surface area (Å²) in [5.41, 5.74) is 9.71. The summed E-state index contributed by atoms with van der Waals surface area (Å²) < 4.78 is 0. The molecule has 0 saturated carbocycles. The molecule has 3 rings (SSSR count). The summed E-state index contributed by atoms with van der Waals surface area (Å²) in [6, 6.07) is 13.8. The van der Waals surface area contributed by atoms with Crippen LogP contribution in [0.2, 0.25) is 0 Å². The summed E-state index contributed by atoms with van der Waals surface area (Å²) in [6.45, 7) is 13.1. The van der Waals surface area contributed by atoms with Gasteiger partial charge in [-0.2, -0.15) is 0 Å². The highest BCUT2D eigenvalue weighted by Crippen LogP contribution is 2.28. The van der Waals surface area contributed by atoms with Gasteiger partial charge in [-0.15, -0.1) is 0 Å². The lowest BCUT2D eigenvalue weighted by molar-refractivity contribution is 0.417. The monoisotopic (exact) mass is 319 g/mol. The molecule has 2 aromatic carbocycles. The quantitative estimate of drug-likeness (QED) is 0.736. The van der Waals surface area contributed by atoms with Gasteiger partial charge < -0.3 is 4.90 Å². The van der Waals surface area contributed by atoms with Gasteiger partial charge in [-0.3, -0.25) is 0 Å². The molecule has 1 aliphatic heterocycles. The van der Waals surface area contributed by atoms with Crippen LogP contribution >= 0.6 is 0 Å². The lowest BCUT2D eigenvalue weighted by Crippen LogP contribution is -2.20. The standard InChI is InChI=1S/C23H29N/c1-5-24-14-6-7-22-16-20(10-13-23(22)19(24)4)9-12-21-11-8-17(2)15-18(21)3/h8,10-11,13,15-16H,4-7,9,12,14H2,1-3H3. The van der Waals surface area contributed by atoms with Crippen molar-refractivity contribution in [1.29, 1.82) is 0 Å². The van der Waals surface area contributed by atoms with Crippen molar-refractivity contribution in [2.75, 3.05) is 13.1 Å². The van der Waals surface area contributed by atoms with Crippen molar-refractivity contribution < 1.29 is 0 Å². The molecule has 0 aliphatic carbocycles. The molecule has 1 heterocycles. The second kappa shape index (κ2) is 7.25. The minimum absolute atomic E-state index is 1.05. The fourth-order valence-electron chi connectivity index (χ4n) is 3.81. The van der Waals surface area contributed by atoms with Crippen LogP contribution in [0.25, 0.3) is 5.70 Å². The fraction of sp³-hybridized carbons (Fsp3) is 0.391. The van der Waals surface area contributed by atoms with E-state index in [0.717, 1.165) is 25.9 Å². The Morgan fingerprint density at radius 3 is 2.62 bits per heavy atom. The average Bonchev–Trinajstić information content (AvgIpc) is 2.72. The van der Waals surface area contributed by atoms with E-state index in [9.17, 15) is 0 Å². The van der Waals surface area contributed by atoms with Crippen LogP contribution in [-0.4, -0.2) is 18.0 Å². The van der Waals surface area contributed by atoms with Crippen LogP contribution < -0.4 is 0 Å². The Morgan fingerprint density at radius 1 is 1.04 bits per heavy atom. The molecule has 0 amide bonds. The Labute approximate surface area is 147 Å². The Morgan fingerprint density at radius 2 is 1.88 bits per heavy atom. The maximum absolute atomic E-state index is 4.34. The van der Waals surface area contributed by atoms with Crippen molar-refractivity contribution in [2.45, 2.75) is 46.5 Å². The lowest BCUT2D eigenvalue weighted by Gasteiger charge is -2.23. The van der Waals surface area contributed by atoms with Gasteiger partial charge in [-0.25, -0.2) is 0 Å². The molecule has 126 valence electrons. The van der Waals surface area contributed by atoms with Crippen LogP contribution in [-0.2, 0) is 19.3 Å². The van der Waals surface area contributed by atoms with Gasteiger partial charge in [-0.1, -0.05) is 48.5 Å². The van der Waals surface area contributed by atoms with E-state index in [2.05, 4.69) is 68.6 Å². The van der Waals surface area contributed by atoms with E-state index in [1.807, 2.05) is 0 Å². The largest absolute Gasteiger partial charge is 0.372 e. The number of hydrogen-bond acceptors (Lipinski definition) is 1. The Kier molecular flexibility index (Phi) is 5.08. The molecule has 2 aromatic rings. The summed E-state index contributed by atoms with van der Waals surface area (Å²) in [5, 5.41) is 0. The molecule has 1 heteroatoms. The highest BCUT2D eigenvalue weighted by molar-refractivity contribution is 5.66. The number of aryl methyl sites for hydroxylation is 5. The molecule has 1 nitrogen and oxygen atoms in total. The predicted octanol–water partition coefficient (Wildman–Crippen LogP) is 5.33. The smallest absolute Gasteiger partial charge is 0.0369 e. The molecule has 0 bridgehead atoms. The highest BCUT2D eigenvalue weighted by atomic mass is 15.1. The molecule has 0 spiro atoms. The summed E-state index contributed by atoms with van der Waals surface area (Å²) in [7, 11) is 0. The van der Waals surface area contributed by atoms with Crippen molar-refractivity contribution in [1.82, 2.24) is 4.90 Å². The van der Waals surface area contributed by atoms with E-state index in [-0.39, 0.29) is 0 Å². The van der Waals surface area contributed by atoms with Gasteiger partial charge in [0.05, 0.1) is 0 Å². The van der Waals surface area contributed by atoms with Crippen LogP contribution in [0.4, 0.5) is 0 Å². The molecule has 0 N–H and O–H groups in total. The summed E-state index contributed by atoms with van der Waals surface area (Å²) >= 11 is 0. The topological polar surface area (TPSA) is 3.24 Å². The van der Waals surface area contributed by atoms with Crippen molar-refractivity contribution in [3.05, 3.63) is 76.4 Å². The SMILES string of the molecule is C=C1c2ccc(CCc3ccc(C)cc3C)cc2CCCN1CC. The number of rotatable bonds is 4. The molecule has 0 radical (unpaired) electrons. The summed E-state index contributed by atoms with van der Waals surface area (Å²) in [4.78, 5) is 2.40. The Balaban J connectivity index is 1.76. The van der Waals surface area contributed by atoms with E-state index >= 15 is 0 Å². The van der Waals surface area contributed by atoms with Crippen LogP contribution in [0.15, 0.2) is 43.0 Å². The first-order valence-corrected chi connectivity index (χ1v) is 9.20. The molecule has 24 heavy (non-hydrogen) atoms. The second-order valence-electron chi connectivity index (χ2n) is 7.05. The molecule has 0 saturated heterocycles. The lowest BCUT2D eigenvalue weighted by atomic mass is 9.95. The van der Waals surface area contributed by atoms with Gasteiger partial charge in [0.2, 0.25) is 0 Å². The third-order valence-electron chi connectivity index (χ3n) is 5.30. The van der Waals surface area contributed by atoms with Crippen LogP contribution in [0.1, 0.15) is 46.7 Å². The third kappa shape index (κ3) is 3.56. The predicted molar refractivity (Wildman–Crippen MR) is 104 cm³/mol. The molecule has 0 fully saturated rings. The van der Waals surface area contributed by atoms with E-state index < -0.39 is 0 Å². The first-order valence-electron chi connectivity index (χ1n) is 9.20. The van der Waals surface area contributed by atoms with E-state index in [0.29, 0.717) is 0 Å². The van der Waals surface area contributed by atoms with Gasteiger partial charge in [0.25, 0.3) is 0 Å². The minimum atomic E-state index is 1.05. The van der Waals surface area contributed by atoms with Crippen molar-refractivity contribution >= 4 is 5.70 Å². The maximum Gasteiger partial charge on any atom is 0.0369 e. The first-order chi connectivity index (χ1) is 11.6. The molecular formula is C23H29N. The van der Waals surface area contributed by atoms with Crippen LogP contribution in [0.3, 0.4) is 0 Å². The highest BCUT2D eigenvalue weighted by Gasteiger charge is 2.16. The number of hydrogen-bond donors (Lipinski definition) is 0. The minimum Gasteiger partial charge on any atom is -0.372 e. The molecular weight excluding hydrogens is 290 g/mol. The van der Waals surface area contributed by atoms with Gasteiger partial charge >= 0.3 is 0 Å². The molecule has 0 aromatic heterocycles. The number of fused-ring (bicyclic) bond motifs is 1. The number of benzene rings is 2. The van der Waals surface area contributed by atoms with E-state index in [1.165, 1.54) is 51.9 Å². The maximum atomic E-state index is 4.34. The Bertz CT molecular complexity index is 742. The molecule has 1 aliphatic rings. The normalized spacial score (nSPS) is 14.5. The van der Waals surface area contributed by atoms with E-state index in [1.54, 1.807) is 0 Å². The van der Waals surface area contributed by atoms with Crippen LogP contribution in [0, 0.1) is 13.8 Å².